The van der Waals surface area contributed by atoms with Crippen LogP contribution >= 0.6 is 0 Å². The second-order valence-electron chi connectivity index (χ2n) is 4.25. The number of carbonyl (C=O) groups excluding carboxylic acids is 1. The minimum Gasteiger partial charge on any atom is -0.494 e. The minimum absolute atomic E-state index is 0.118. The van der Waals surface area contributed by atoms with Crippen molar-refractivity contribution < 1.29 is 13.9 Å². The number of carbonyl (C=O) groups is 1. The highest BCUT2D eigenvalue weighted by Gasteiger charge is 2.14. The molecular weight excluding hydrogens is 245 g/mol. The first-order chi connectivity index (χ1) is 9.11. The van der Waals surface area contributed by atoms with Crippen LogP contribution in [0.5, 0.6) is 5.75 Å². The fourth-order valence-electron chi connectivity index (χ4n) is 1.87. The Kier molecular flexibility index (Phi) is 3.90. The van der Waals surface area contributed by atoms with Crippen molar-refractivity contribution in [1.82, 2.24) is 4.98 Å². The molecule has 0 fully saturated rings. The molecular formula is C15H14FNO2. The summed E-state index contributed by atoms with van der Waals surface area (Å²) in [7, 11) is 1.49. The number of methoxy groups -OCH3 is 1. The molecule has 0 aliphatic heterocycles. The SMILES string of the molecule is COc1cnccc1C(=O)Cc1cc(F)ccc1C. The van der Waals surface area contributed by atoms with Gasteiger partial charge >= 0.3 is 0 Å². The summed E-state index contributed by atoms with van der Waals surface area (Å²) in [6.07, 6.45) is 3.17. The smallest absolute Gasteiger partial charge is 0.171 e. The number of Topliss-reactive ketones (excluding diaryl/α,β-unsaturated/α-hetero) is 1. The summed E-state index contributed by atoms with van der Waals surface area (Å²) in [5, 5.41) is 0. The maximum absolute atomic E-state index is 13.2. The Balaban J connectivity index is 2.28. The zero-order chi connectivity index (χ0) is 13.8. The number of aryl methyl sites for hydroxylation is 1. The maximum atomic E-state index is 13.2. The van der Waals surface area contributed by atoms with Gasteiger partial charge in [-0.25, -0.2) is 4.39 Å². The highest BCUT2D eigenvalue weighted by atomic mass is 19.1. The van der Waals surface area contributed by atoms with E-state index in [-0.39, 0.29) is 18.0 Å². The molecule has 0 spiro atoms. The van der Waals surface area contributed by atoms with Crippen molar-refractivity contribution in [2.45, 2.75) is 13.3 Å². The fraction of sp³-hybridized carbons (Fsp3) is 0.200. The molecule has 0 atom stereocenters. The molecule has 2 aromatic rings. The molecule has 0 saturated carbocycles. The fourth-order valence-corrected chi connectivity index (χ4v) is 1.87. The largest absolute Gasteiger partial charge is 0.494 e. The number of hydrogen-bond acceptors (Lipinski definition) is 3. The van der Waals surface area contributed by atoms with E-state index >= 15 is 0 Å². The topological polar surface area (TPSA) is 39.2 Å². The molecule has 3 nitrogen and oxygen atoms in total. The summed E-state index contributed by atoms with van der Waals surface area (Å²) >= 11 is 0. The third-order valence-electron chi connectivity index (χ3n) is 2.97. The van der Waals surface area contributed by atoms with Crippen molar-refractivity contribution in [2.75, 3.05) is 7.11 Å². The van der Waals surface area contributed by atoms with Gasteiger partial charge in [0, 0.05) is 12.6 Å². The molecule has 98 valence electrons. The third kappa shape index (κ3) is 2.96. The first-order valence-electron chi connectivity index (χ1n) is 5.88. The second kappa shape index (κ2) is 5.61. The van der Waals surface area contributed by atoms with E-state index in [1.54, 1.807) is 12.1 Å². The van der Waals surface area contributed by atoms with Gasteiger partial charge in [-0.2, -0.15) is 0 Å². The number of nitrogens with zero attached hydrogens (tertiary/aromatic N) is 1. The lowest BCUT2D eigenvalue weighted by Gasteiger charge is -2.08. The summed E-state index contributed by atoms with van der Waals surface area (Å²) < 4.78 is 18.3. The Bertz CT molecular complexity index is 611. The lowest BCUT2D eigenvalue weighted by atomic mass is 9.99. The summed E-state index contributed by atoms with van der Waals surface area (Å²) in [6, 6.07) is 6.05. The van der Waals surface area contributed by atoms with Crippen LogP contribution in [0.15, 0.2) is 36.7 Å². The number of rotatable bonds is 4. The first kappa shape index (κ1) is 13.2. The molecule has 1 aromatic carbocycles. The molecule has 1 heterocycles. The van der Waals surface area contributed by atoms with Gasteiger partial charge in [0.2, 0.25) is 0 Å². The Morgan fingerprint density at radius 2 is 2.16 bits per heavy atom. The number of aromatic nitrogens is 1. The van der Waals surface area contributed by atoms with Crippen LogP contribution in [-0.4, -0.2) is 17.9 Å². The first-order valence-corrected chi connectivity index (χ1v) is 5.88. The molecule has 2 rings (SSSR count). The number of benzene rings is 1. The average molecular weight is 259 g/mol. The lowest BCUT2D eigenvalue weighted by Crippen LogP contribution is -2.07. The molecule has 0 aliphatic carbocycles. The Labute approximate surface area is 111 Å². The summed E-state index contributed by atoms with van der Waals surface area (Å²) in [5.41, 5.74) is 2.03. The standard InChI is InChI=1S/C15H14FNO2/c1-10-3-4-12(16)7-11(10)8-14(18)13-5-6-17-9-15(13)19-2/h3-7,9H,8H2,1-2H3. The van der Waals surface area contributed by atoms with E-state index in [1.807, 2.05) is 6.92 Å². The number of halogens is 1. The Morgan fingerprint density at radius 3 is 2.89 bits per heavy atom. The van der Waals surface area contributed by atoms with Crippen LogP contribution in [0.3, 0.4) is 0 Å². The molecule has 0 bridgehead atoms. The molecule has 1 aromatic heterocycles. The van der Waals surface area contributed by atoms with Crippen LogP contribution in [0, 0.1) is 12.7 Å². The summed E-state index contributed by atoms with van der Waals surface area (Å²) in [5.74, 6) is -0.0235. The van der Waals surface area contributed by atoms with Crippen LogP contribution in [0.25, 0.3) is 0 Å². The zero-order valence-electron chi connectivity index (χ0n) is 10.8. The molecule has 0 unspecified atom stereocenters. The van der Waals surface area contributed by atoms with E-state index in [2.05, 4.69) is 4.98 Å². The van der Waals surface area contributed by atoms with Gasteiger partial charge in [-0.3, -0.25) is 9.78 Å². The normalized spacial score (nSPS) is 10.3. The number of ketones is 1. The minimum atomic E-state index is -0.338. The lowest BCUT2D eigenvalue weighted by molar-refractivity contribution is 0.0989. The van der Waals surface area contributed by atoms with Gasteiger partial charge < -0.3 is 4.74 Å². The number of ether oxygens (including phenoxy) is 1. The molecule has 0 amide bonds. The predicted molar refractivity (Wildman–Crippen MR) is 70.0 cm³/mol. The quantitative estimate of drug-likeness (QED) is 0.792. The van der Waals surface area contributed by atoms with Crippen LogP contribution < -0.4 is 4.74 Å². The van der Waals surface area contributed by atoms with Crippen molar-refractivity contribution in [3.05, 3.63) is 59.2 Å². The van der Waals surface area contributed by atoms with E-state index in [4.69, 9.17) is 4.74 Å². The van der Waals surface area contributed by atoms with Gasteiger partial charge in [-0.05, 0) is 36.2 Å². The number of hydrogen-bond donors (Lipinski definition) is 0. The van der Waals surface area contributed by atoms with Crippen molar-refractivity contribution in [3.63, 3.8) is 0 Å². The van der Waals surface area contributed by atoms with E-state index in [0.717, 1.165) is 5.56 Å². The van der Waals surface area contributed by atoms with E-state index in [1.165, 1.54) is 31.6 Å². The highest BCUT2D eigenvalue weighted by Crippen LogP contribution is 2.19. The Hall–Kier alpha value is -2.23. The molecule has 0 radical (unpaired) electrons. The summed E-state index contributed by atoms with van der Waals surface area (Å²) in [4.78, 5) is 16.1. The molecule has 19 heavy (non-hydrogen) atoms. The Morgan fingerprint density at radius 1 is 1.37 bits per heavy atom. The monoisotopic (exact) mass is 259 g/mol. The predicted octanol–water partition coefficient (Wildman–Crippen LogP) is 2.96. The van der Waals surface area contributed by atoms with Crippen LogP contribution in [0.4, 0.5) is 4.39 Å². The maximum Gasteiger partial charge on any atom is 0.171 e. The van der Waals surface area contributed by atoms with Crippen molar-refractivity contribution >= 4 is 5.78 Å². The van der Waals surface area contributed by atoms with Gasteiger partial charge in [-0.1, -0.05) is 6.07 Å². The van der Waals surface area contributed by atoms with Crippen molar-refractivity contribution in [2.24, 2.45) is 0 Å². The molecule has 4 heteroatoms. The van der Waals surface area contributed by atoms with E-state index < -0.39 is 0 Å². The zero-order valence-corrected chi connectivity index (χ0v) is 10.8. The average Bonchev–Trinajstić information content (AvgIpc) is 2.42. The highest BCUT2D eigenvalue weighted by molar-refractivity contribution is 5.99. The molecule has 0 saturated heterocycles. The van der Waals surface area contributed by atoms with Gasteiger partial charge in [0.05, 0.1) is 18.9 Å². The van der Waals surface area contributed by atoms with Gasteiger partial charge in [-0.15, -0.1) is 0 Å². The van der Waals surface area contributed by atoms with Crippen LogP contribution in [0.1, 0.15) is 21.5 Å². The van der Waals surface area contributed by atoms with Crippen LogP contribution in [-0.2, 0) is 6.42 Å². The van der Waals surface area contributed by atoms with E-state index in [0.29, 0.717) is 16.9 Å². The van der Waals surface area contributed by atoms with Crippen molar-refractivity contribution in [3.8, 4) is 5.75 Å². The van der Waals surface area contributed by atoms with Crippen molar-refractivity contribution in [1.29, 1.82) is 0 Å². The van der Waals surface area contributed by atoms with Gasteiger partial charge in [0.15, 0.2) is 5.78 Å². The number of pyridine rings is 1. The van der Waals surface area contributed by atoms with E-state index in [9.17, 15) is 9.18 Å². The van der Waals surface area contributed by atoms with Gasteiger partial charge in [0.1, 0.15) is 11.6 Å². The van der Waals surface area contributed by atoms with Gasteiger partial charge in [0.25, 0.3) is 0 Å². The van der Waals surface area contributed by atoms with Crippen LogP contribution in [0.2, 0.25) is 0 Å². The molecule has 0 aliphatic rings. The molecule has 0 N–H and O–H groups in total. The third-order valence-corrected chi connectivity index (χ3v) is 2.97. The summed E-state index contributed by atoms with van der Waals surface area (Å²) in [6.45, 7) is 1.85. The second-order valence-corrected chi connectivity index (χ2v) is 4.25.